The van der Waals surface area contributed by atoms with Crippen molar-refractivity contribution < 1.29 is 5.11 Å². The van der Waals surface area contributed by atoms with E-state index < -0.39 is 0 Å². The van der Waals surface area contributed by atoms with Crippen LogP contribution in [0.15, 0.2) is 0 Å². The molecular weight excluding hydrogens is 176 g/mol. The fourth-order valence-corrected chi connectivity index (χ4v) is 2.14. The Bertz CT molecular complexity index is 171. The highest BCUT2D eigenvalue weighted by Gasteiger charge is 2.26. The number of hydrogen-bond donors (Lipinski definition) is 2. The third-order valence-corrected chi connectivity index (χ3v) is 3.11. The second-order valence-electron chi connectivity index (χ2n) is 5.27. The average molecular weight is 200 g/mol. The molecule has 1 atom stereocenters. The maximum atomic E-state index is 8.85. The van der Waals surface area contributed by atoms with Crippen molar-refractivity contribution in [3.8, 4) is 0 Å². The van der Waals surface area contributed by atoms with Crippen LogP contribution in [0.4, 0.5) is 0 Å². The van der Waals surface area contributed by atoms with Crippen molar-refractivity contribution >= 4 is 0 Å². The number of aliphatic hydroxyl groups is 1. The lowest BCUT2D eigenvalue weighted by molar-refractivity contribution is 0.202. The molecule has 0 aromatic rings. The van der Waals surface area contributed by atoms with Crippen molar-refractivity contribution in [3.05, 3.63) is 0 Å². The topological polar surface area (TPSA) is 49.5 Å². The van der Waals surface area contributed by atoms with Gasteiger partial charge in [0.2, 0.25) is 0 Å². The summed E-state index contributed by atoms with van der Waals surface area (Å²) < 4.78 is 0. The Balaban J connectivity index is 2.28. The minimum absolute atomic E-state index is 0.230. The molecule has 0 amide bonds. The summed E-state index contributed by atoms with van der Waals surface area (Å²) in [6.45, 7) is 8.91. The van der Waals surface area contributed by atoms with Gasteiger partial charge in [-0.25, -0.2) is 0 Å². The number of likely N-dealkylation sites (tertiary alicyclic amines) is 1. The van der Waals surface area contributed by atoms with Crippen LogP contribution < -0.4 is 5.73 Å². The summed E-state index contributed by atoms with van der Waals surface area (Å²) in [4.78, 5) is 2.48. The molecule has 1 rings (SSSR count). The highest BCUT2D eigenvalue weighted by molar-refractivity contribution is 4.81. The zero-order valence-corrected chi connectivity index (χ0v) is 9.50. The van der Waals surface area contributed by atoms with Gasteiger partial charge in [-0.05, 0) is 37.3 Å². The zero-order valence-electron chi connectivity index (χ0n) is 9.50. The van der Waals surface area contributed by atoms with Crippen molar-refractivity contribution in [3.63, 3.8) is 0 Å². The van der Waals surface area contributed by atoms with Gasteiger partial charge in [0.05, 0.1) is 0 Å². The van der Waals surface area contributed by atoms with E-state index in [-0.39, 0.29) is 5.41 Å². The van der Waals surface area contributed by atoms with Crippen LogP contribution in [-0.2, 0) is 0 Å². The van der Waals surface area contributed by atoms with E-state index in [1.54, 1.807) is 0 Å². The Morgan fingerprint density at radius 2 is 2.21 bits per heavy atom. The predicted molar refractivity (Wildman–Crippen MR) is 59.1 cm³/mol. The van der Waals surface area contributed by atoms with Crippen molar-refractivity contribution in [1.29, 1.82) is 0 Å². The molecule has 84 valence electrons. The fraction of sp³-hybridized carbons (Fsp3) is 1.00. The average Bonchev–Trinajstić information content (AvgIpc) is 2.53. The summed E-state index contributed by atoms with van der Waals surface area (Å²) in [6.07, 6.45) is 2.20. The lowest BCUT2D eigenvalue weighted by atomic mass is 9.93. The summed E-state index contributed by atoms with van der Waals surface area (Å²) in [5.41, 5.74) is 5.94. The summed E-state index contributed by atoms with van der Waals surface area (Å²) in [6, 6.07) is 0. The molecule has 0 aromatic heterocycles. The van der Waals surface area contributed by atoms with Crippen molar-refractivity contribution in [2.75, 3.05) is 32.8 Å². The van der Waals surface area contributed by atoms with Crippen LogP contribution >= 0.6 is 0 Å². The third kappa shape index (κ3) is 3.56. The van der Waals surface area contributed by atoms with Crippen LogP contribution in [0, 0.1) is 11.3 Å². The van der Waals surface area contributed by atoms with Crippen LogP contribution in [0.3, 0.4) is 0 Å². The van der Waals surface area contributed by atoms with E-state index in [9.17, 15) is 0 Å². The summed E-state index contributed by atoms with van der Waals surface area (Å²) in [5, 5.41) is 8.85. The molecule has 1 aliphatic rings. The van der Waals surface area contributed by atoms with Gasteiger partial charge in [0.25, 0.3) is 0 Å². The summed E-state index contributed by atoms with van der Waals surface area (Å²) in [7, 11) is 0. The maximum Gasteiger partial charge on any atom is 0.0434 e. The summed E-state index contributed by atoms with van der Waals surface area (Å²) in [5.74, 6) is 0.702. The molecule has 0 aromatic carbocycles. The molecule has 0 radical (unpaired) electrons. The molecule has 3 N–H and O–H groups in total. The zero-order chi connectivity index (χ0) is 10.6. The highest BCUT2D eigenvalue weighted by Crippen LogP contribution is 2.23. The maximum absolute atomic E-state index is 8.85. The standard InChI is InChI=1S/C11H24N2O/c1-11(2,8-12)9-13-5-3-10(7-13)4-6-14/h10,14H,3-9,12H2,1-2H3. The number of nitrogens with zero attached hydrogens (tertiary/aromatic N) is 1. The van der Waals surface area contributed by atoms with Crippen LogP contribution in [0.5, 0.6) is 0 Å². The molecule has 0 spiro atoms. The van der Waals surface area contributed by atoms with Crippen molar-refractivity contribution in [2.45, 2.75) is 26.7 Å². The predicted octanol–water partition coefficient (Wildman–Crippen LogP) is 0.676. The van der Waals surface area contributed by atoms with Crippen molar-refractivity contribution in [2.24, 2.45) is 17.1 Å². The number of hydrogen-bond acceptors (Lipinski definition) is 3. The molecule has 1 aliphatic heterocycles. The van der Waals surface area contributed by atoms with Crippen LogP contribution in [-0.4, -0.2) is 42.8 Å². The third-order valence-electron chi connectivity index (χ3n) is 3.11. The minimum atomic E-state index is 0.230. The first-order valence-electron chi connectivity index (χ1n) is 5.61. The molecular formula is C11H24N2O. The molecule has 14 heavy (non-hydrogen) atoms. The van der Waals surface area contributed by atoms with Gasteiger partial charge in [-0.1, -0.05) is 13.8 Å². The van der Waals surface area contributed by atoms with Gasteiger partial charge in [-0.2, -0.15) is 0 Å². The van der Waals surface area contributed by atoms with E-state index in [0.717, 1.165) is 26.1 Å². The number of rotatable bonds is 5. The fourth-order valence-electron chi connectivity index (χ4n) is 2.14. The van der Waals surface area contributed by atoms with Gasteiger partial charge in [0.1, 0.15) is 0 Å². The van der Waals surface area contributed by atoms with Gasteiger partial charge in [0, 0.05) is 19.7 Å². The smallest absolute Gasteiger partial charge is 0.0434 e. The first-order valence-corrected chi connectivity index (χ1v) is 5.61. The van der Waals surface area contributed by atoms with Gasteiger partial charge >= 0.3 is 0 Å². The molecule has 3 heteroatoms. The van der Waals surface area contributed by atoms with Crippen LogP contribution in [0.2, 0.25) is 0 Å². The molecule has 1 fully saturated rings. The monoisotopic (exact) mass is 200 g/mol. The van der Waals surface area contributed by atoms with E-state index in [1.165, 1.54) is 13.0 Å². The van der Waals surface area contributed by atoms with E-state index in [4.69, 9.17) is 10.8 Å². The number of aliphatic hydroxyl groups excluding tert-OH is 1. The second-order valence-corrected chi connectivity index (χ2v) is 5.27. The normalized spacial score (nSPS) is 24.4. The first-order chi connectivity index (χ1) is 6.57. The molecule has 1 heterocycles. The Labute approximate surface area is 87.3 Å². The Morgan fingerprint density at radius 3 is 2.79 bits per heavy atom. The highest BCUT2D eigenvalue weighted by atomic mass is 16.3. The Hall–Kier alpha value is -0.120. The largest absolute Gasteiger partial charge is 0.396 e. The first kappa shape index (κ1) is 12.0. The Kier molecular flexibility index (Phi) is 4.35. The lowest BCUT2D eigenvalue weighted by Gasteiger charge is -2.28. The van der Waals surface area contributed by atoms with Gasteiger partial charge in [-0.3, -0.25) is 0 Å². The van der Waals surface area contributed by atoms with Gasteiger partial charge < -0.3 is 15.7 Å². The van der Waals surface area contributed by atoms with Crippen LogP contribution in [0.25, 0.3) is 0 Å². The van der Waals surface area contributed by atoms with Gasteiger partial charge in [0.15, 0.2) is 0 Å². The molecule has 1 unspecified atom stereocenters. The van der Waals surface area contributed by atoms with Crippen molar-refractivity contribution in [1.82, 2.24) is 4.90 Å². The molecule has 3 nitrogen and oxygen atoms in total. The SMILES string of the molecule is CC(C)(CN)CN1CCC(CCO)C1. The lowest BCUT2D eigenvalue weighted by Crippen LogP contribution is -2.37. The van der Waals surface area contributed by atoms with Gasteiger partial charge in [-0.15, -0.1) is 0 Å². The van der Waals surface area contributed by atoms with E-state index in [1.807, 2.05) is 0 Å². The molecule has 0 saturated carbocycles. The van der Waals surface area contributed by atoms with E-state index in [0.29, 0.717) is 12.5 Å². The molecule has 1 saturated heterocycles. The van der Waals surface area contributed by atoms with E-state index >= 15 is 0 Å². The van der Waals surface area contributed by atoms with Crippen LogP contribution in [0.1, 0.15) is 26.7 Å². The quantitative estimate of drug-likeness (QED) is 0.686. The molecule has 0 bridgehead atoms. The minimum Gasteiger partial charge on any atom is -0.396 e. The Morgan fingerprint density at radius 1 is 1.50 bits per heavy atom. The summed E-state index contributed by atoms with van der Waals surface area (Å²) >= 11 is 0. The van der Waals surface area contributed by atoms with E-state index in [2.05, 4.69) is 18.7 Å². The number of nitrogens with two attached hydrogens (primary N) is 1. The molecule has 0 aliphatic carbocycles. The second kappa shape index (κ2) is 5.10.